The molecule has 26 heavy (non-hydrogen) atoms. The van der Waals surface area contributed by atoms with Gasteiger partial charge < -0.3 is 4.42 Å². The summed E-state index contributed by atoms with van der Waals surface area (Å²) < 4.78 is 5.71. The maximum absolute atomic E-state index is 12.7. The van der Waals surface area contributed by atoms with E-state index in [-0.39, 0.29) is 23.7 Å². The van der Waals surface area contributed by atoms with Gasteiger partial charge in [0, 0.05) is 11.7 Å². The molecule has 1 aliphatic rings. The third kappa shape index (κ3) is 6.41. The van der Waals surface area contributed by atoms with Crippen molar-refractivity contribution >= 4 is 23.6 Å². The first-order chi connectivity index (χ1) is 12.4. The normalized spacial score (nSPS) is 16.8. The van der Waals surface area contributed by atoms with E-state index in [4.69, 9.17) is 4.42 Å². The summed E-state index contributed by atoms with van der Waals surface area (Å²) in [7, 11) is 0. The molecule has 0 bridgehead atoms. The average molecular weight is 382 g/mol. The molecule has 1 unspecified atom stereocenters. The van der Waals surface area contributed by atoms with Crippen LogP contribution < -0.4 is 5.32 Å². The van der Waals surface area contributed by atoms with E-state index >= 15 is 0 Å². The summed E-state index contributed by atoms with van der Waals surface area (Å²) in [4.78, 5) is 25.2. The first-order valence-electron chi connectivity index (χ1n) is 9.67. The van der Waals surface area contributed by atoms with E-state index in [2.05, 4.69) is 29.4 Å². The number of imide groups is 1. The van der Waals surface area contributed by atoms with Gasteiger partial charge in [0.05, 0.1) is 0 Å². The van der Waals surface area contributed by atoms with E-state index in [9.17, 15) is 9.59 Å². The number of carbonyl (C=O) groups excluding carboxylic acids is 2. The highest BCUT2D eigenvalue weighted by Crippen LogP contribution is 2.28. The molecule has 1 aromatic rings. The molecule has 0 radical (unpaired) electrons. The number of nitrogens with one attached hydrogen (secondary N) is 1. The Hall–Kier alpha value is -1.37. The molecule has 1 saturated carbocycles. The van der Waals surface area contributed by atoms with Crippen LogP contribution in [0.3, 0.4) is 0 Å². The molecular formula is C19H31N3O3S. The van der Waals surface area contributed by atoms with Crippen LogP contribution in [0.2, 0.25) is 0 Å². The number of thioether (sulfide) groups is 1. The van der Waals surface area contributed by atoms with E-state index in [0.717, 1.165) is 31.4 Å². The molecule has 1 heterocycles. The minimum Gasteiger partial charge on any atom is -0.415 e. The van der Waals surface area contributed by atoms with Crippen LogP contribution >= 0.6 is 11.8 Å². The Balaban J connectivity index is 2.03. The second kappa shape index (κ2) is 10.1. The zero-order valence-electron chi connectivity index (χ0n) is 16.3. The molecule has 0 aliphatic heterocycles. The standard InChI is InChI=1S/C19H31N3O3S/c1-12(2)10-15(18-21-22-19(25-18)26-11-13(3)4)17(24)20-16(23)14-8-6-5-7-9-14/h12-15H,5-11H2,1-4H3,(H,20,23,24). The van der Waals surface area contributed by atoms with E-state index in [1.54, 1.807) is 0 Å². The summed E-state index contributed by atoms with van der Waals surface area (Å²) in [6.07, 6.45) is 5.59. The van der Waals surface area contributed by atoms with Crippen molar-refractivity contribution in [1.29, 1.82) is 0 Å². The Morgan fingerprint density at radius 3 is 2.42 bits per heavy atom. The summed E-state index contributed by atoms with van der Waals surface area (Å²) >= 11 is 1.50. The Labute approximate surface area is 160 Å². The van der Waals surface area contributed by atoms with Gasteiger partial charge >= 0.3 is 0 Å². The molecule has 7 heteroatoms. The van der Waals surface area contributed by atoms with Crippen molar-refractivity contribution in [3.8, 4) is 0 Å². The van der Waals surface area contributed by atoms with Crippen LogP contribution in [0.5, 0.6) is 0 Å². The van der Waals surface area contributed by atoms with Gasteiger partial charge in [0.25, 0.3) is 5.22 Å². The second-order valence-corrected chi connectivity index (χ2v) is 8.95. The summed E-state index contributed by atoms with van der Waals surface area (Å²) in [6.45, 7) is 8.31. The van der Waals surface area contributed by atoms with Crippen LogP contribution in [0, 0.1) is 17.8 Å². The predicted molar refractivity (Wildman–Crippen MR) is 102 cm³/mol. The molecular weight excluding hydrogens is 350 g/mol. The van der Waals surface area contributed by atoms with Gasteiger partial charge in [-0.25, -0.2) is 0 Å². The number of nitrogens with zero attached hydrogens (tertiary/aromatic N) is 2. The maximum Gasteiger partial charge on any atom is 0.276 e. The first-order valence-corrected chi connectivity index (χ1v) is 10.7. The predicted octanol–water partition coefficient (Wildman–Crippen LogP) is 4.17. The molecule has 2 amide bonds. The van der Waals surface area contributed by atoms with Crippen LogP contribution in [-0.4, -0.2) is 27.8 Å². The highest BCUT2D eigenvalue weighted by atomic mass is 32.2. The smallest absolute Gasteiger partial charge is 0.276 e. The molecule has 1 N–H and O–H groups in total. The zero-order chi connectivity index (χ0) is 19.1. The van der Waals surface area contributed by atoms with Crippen molar-refractivity contribution in [3.63, 3.8) is 0 Å². The highest BCUT2D eigenvalue weighted by molar-refractivity contribution is 7.99. The van der Waals surface area contributed by atoms with E-state index in [1.807, 2.05) is 13.8 Å². The Bertz CT molecular complexity index is 595. The fourth-order valence-electron chi connectivity index (χ4n) is 3.12. The summed E-state index contributed by atoms with van der Waals surface area (Å²) in [5.74, 6) is 0.862. The Kier molecular flexibility index (Phi) is 8.13. The van der Waals surface area contributed by atoms with Gasteiger partial charge in [-0.15, -0.1) is 10.2 Å². The lowest BCUT2D eigenvalue weighted by atomic mass is 9.88. The first kappa shape index (κ1) is 20.9. The lowest BCUT2D eigenvalue weighted by Crippen LogP contribution is -2.39. The molecule has 6 nitrogen and oxygen atoms in total. The third-order valence-corrected chi connectivity index (χ3v) is 5.75. The third-order valence-electron chi connectivity index (χ3n) is 4.51. The van der Waals surface area contributed by atoms with Crippen molar-refractivity contribution in [2.24, 2.45) is 17.8 Å². The molecule has 146 valence electrons. The fraction of sp³-hybridized carbons (Fsp3) is 0.789. The molecule has 2 rings (SSSR count). The van der Waals surface area contributed by atoms with Gasteiger partial charge in [-0.1, -0.05) is 58.7 Å². The minimum absolute atomic E-state index is 0.0488. The Morgan fingerprint density at radius 1 is 1.12 bits per heavy atom. The van der Waals surface area contributed by atoms with Crippen molar-refractivity contribution in [2.45, 2.75) is 77.4 Å². The van der Waals surface area contributed by atoms with Crippen LogP contribution in [0.15, 0.2) is 9.64 Å². The summed E-state index contributed by atoms with van der Waals surface area (Å²) in [5, 5.41) is 11.2. The number of hydrogen-bond acceptors (Lipinski definition) is 6. The molecule has 1 aliphatic carbocycles. The maximum atomic E-state index is 12.7. The van der Waals surface area contributed by atoms with Crippen LogP contribution in [-0.2, 0) is 9.59 Å². The monoisotopic (exact) mass is 381 g/mol. The van der Waals surface area contributed by atoms with Crippen molar-refractivity contribution in [1.82, 2.24) is 15.5 Å². The van der Waals surface area contributed by atoms with Gasteiger partial charge in [-0.05, 0) is 31.1 Å². The SMILES string of the molecule is CC(C)CSc1nnc(C(CC(C)C)C(=O)NC(=O)C2CCCCC2)o1. The molecule has 0 saturated heterocycles. The number of rotatable bonds is 8. The van der Waals surface area contributed by atoms with Gasteiger partial charge in [0.15, 0.2) is 0 Å². The number of amides is 2. The zero-order valence-corrected chi connectivity index (χ0v) is 17.1. The van der Waals surface area contributed by atoms with E-state index in [1.165, 1.54) is 18.2 Å². The van der Waals surface area contributed by atoms with Gasteiger partial charge in [-0.3, -0.25) is 14.9 Å². The second-order valence-electron chi connectivity index (χ2n) is 7.98. The molecule has 1 aromatic heterocycles. The number of hydrogen-bond donors (Lipinski definition) is 1. The highest BCUT2D eigenvalue weighted by Gasteiger charge is 2.31. The Morgan fingerprint density at radius 2 is 1.81 bits per heavy atom. The lowest BCUT2D eigenvalue weighted by molar-refractivity contribution is -0.134. The number of carbonyl (C=O) groups is 2. The van der Waals surface area contributed by atoms with Crippen LogP contribution in [0.1, 0.15) is 78.0 Å². The molecule has 1 atom stereocenters. The van der Waals surface area contributed by atoms with Gasteiger partial charge in [-0.2, -0.15) is 0 Å². The van der Waals surface area contributed by atoms with E-state index in [0.29, 0.717) is 23.5 Å². The van der Waals surface area contributed by atoms with Crippen molar-refractivity contribution in [3.05, 3.63) is 5.89 Å². The molecule has 0 aromatic carbocycles. The van der Waals surface area contributed by atoms with Crippen molar-refractivity contribution < 1.29 is 14.0 Å². The summed E-state index contributed by atoms with van der Waals surface area (Å²) in [5.41, 5.74) is 0. The van der Waals surface area contributed by atoms with Crippen molar-refractivity contribution in [2.75, 3.05) is 5.75 Å². The largest absolute Gasteiger partial charge is 0.415 e. The topological polar surface area (TPSA) is 85.1 Å². The summed E-state index contributed by atoms with van der Waals surface area (Å²) in [6, 6.07) is 0. The average Bonchev–Trinajstić information content (AvgIpc) is 3.07. The van der Waals surface area contributed by atoms with E-state index < -0.39 is 5.92 Å². The molecule has 0 spiro atoms. The van der Waals surface area contributed by atoms with Gasteiger partial charge in [0.2, 0.25) is 17.7 Å². The number of aromatic nitrogens is 2. The lowest BCUT2D eigenvalue weighted by Gasteiger charge is -2.21. The fourth-order valence-corrected chi connectivity index (χ4v) is 3.84. The van der Waals surface area contributed by atoms with Crippen LogP contribution in [0.25, 0.3) is 0 Å². The quantitative estimate of drug-likeness (QED) is 0.680. The molecule has 1 fully saturated rings. The van der Waals surface area contributed by atoms with Gasteiger partial charge in [0.1, 0.15) is 5.92 Å². The minimum atomic E-state index is -0.580. The van der Waals surface area contributed by atoms with Crippen LogP contribution in [0.4, 0.5) is 0 Å².